The lowest BCUT2D eigenvalue weighted by atomic mass is 10.0. The van der Waals surface area contributed by atoms with Gasteiger partial charge in [-0.25, -0.2) is 9.78 Å². The van der Waals surface area contributed by atoms with Crippen LogP contribution in [0.3, 0.4) is 0 Å². The van der Waals surface area contributed by atoms with Gasteiger partial charge in [-0.2, -0.15) is 12.6 Å². The normalized spacial score (nSPS) is 13.8. The lowest BCUT2D eigenvalue weighted by molar-refractivity contribution is -0.142. The number of hydrogen-bond acceptors (Lipinski definition) is 8. The summed E-state index contributed by atoms with van der Waals surface area (Å²) in [6.45, 7) is 0. The fourth-order valence-corrected chi connectivity index (χ4v) is 4.13. The van der Waals surface area contributed by atoms with Gasteiger partial charge in [-0.05, 0) is 29.7 Å². The first-order valence-electron chi connectivity index (χ1n) is 12.5. The molecule has 3 amide bonds. The molecule has 3 rings (SSSR count). The fourth-order valence-electron chi connectivity index (χ4n) is 3.87. The molecule has 12 nitrogen and oxygen atoms in total. The summed E-state index contributed by atoms with van der Waals surface area (Å²) in [5.74, 6) is -3.29. The third-order valence-electron chi connectivity index (χ3n) is 6.05. The smallest absolute Gasteiger partial charge is 0.326 e. The molecule has 1 aromatic heterocycles. The molecule has 1 heterocycles. The van der Waals surface area contributed by atoms with Crippen LogP contribution >= 0.6 is 12.6 Å². The molecule has 0 aliphatic carbocycles. The van der Waals surface area contributed by atoms with Gasteiger partial charge in [0.1, 0.15) is 23.9 Å². The SMILES string of the molecule is NC(Cc1ccc(O)cc1)C(=O)NC(Cc1ccccc1)C(=O)NC(CS)C(=O)NC(Cc1cnc[nH]1)C(=O)O. The minimum absolute atomic E-state index is 0.0417. The summed E-state index contributed by atoms with van der Waals surface area (Å²) in [7, 11) is 0. The molecule has 2 aromatic carbocycles. The first-order chi connectivity index (χ1) is 19.2. The summed E-state index contributed by atoms with van der Waals surface area (Å²) in [5, 5.41) is 26.7. The Labute approximate surface area is 236 Å². The van der Waals surface area contributed by atoms with Crippen LogP contribution in [0.25, 0.3) is 0 Å². The number of aromatic hydroxyl groups is 1. The van der Waals surface area contributed by atoms with Gasteiger partial charge in [-0.15, -0.1) is 0 Å². The Morgan fingerprint density at radius 2 is 1.43 bits per heavy atom. The average molecular weight is 569 g/mol. The molecule has 13 heteroatoms. The van der Waals surface area contributed by atoms with Gasteiger partial charge < -0.3 is 36.9 Å². The molecule has 0 spiro atoms. The number of thiol groups is 1. The van der Waals surface area contributed by atoms with Crippen molar-refractivity contribution < 1.29 is 29.4 Å². The van der Waals surface area contributed by atoms with Gasteiger partial charge >= 0.3 is 5.97 Å². The number of aromatic nitrogens is 2. The summed E-state index contributed by atoms with van der Waals surface area (Å²) in [5.41, 5.74) is 8.08. The summed E-state index contributed by atoms with van der Waals surface area (Å²) >= 11 is 4.16. The molecule has 212 valence electrons. The number of benzene rings is 2. The number of imidazole rings is 1. The van der Waals surface area contributed by atoms with Crippen LogP contribution in [0.5, 0.6) is 5.75 Å². The van der Waals surface area contributed by atoms with E-state index in [0.29, 0.717) is 5.69 Å². The van der Waals surface area contributed by atoms with Gasteiger partial charge in [0.25, 0.3) is 0 Å². The van der Waals surface area contributed by atoms with Crippen molar-refractivity contribution in [3.8, 4) is 5.75 Å². The number of nitrogens with one attached hydrogen (secondary N) is 4. The maximum atomic E-state index is 13.3. The van der Waals surface area contributed by atoms with Crippen LogP contribution in [-0.4, -0.2) is 73.8 Å². The first-order valence-corrected chi connectivity index (χ1v) is 13.1. The number of aromatic amines is 1. The van der Waals surface area contributed by atoms with Crippen LogP contribution in [0.4, 0.5) is 0 Å². The second-order valence-corrected chi connectivity index (χ2v) is 9.52. The average Bonchev–Trinajstić information content (AvgIpc) is 3.45. The van der Waals surface area contributed by atoms with E-state index in [2.05, 4.69) is 38.5 Å². The summed E-state index contributed by atoms with van der Waals surface area (Å²) in [6, 6.07) is 10.7. The number of carbonyl (C=O) groups excluding carboxylic acids is 3. The number of carboxylic acids is 1. The molecule has 8 N–H and O–H groups in total. The van der Waals surface area contributed by atoms with Crippen LogP contribution < -0.4 is 21.7 Å². The number of phenolic OH excluding ortho intramolecular Hbond substituents is 1. The highest BCUT2D eigenvalue weighted by molar-refractivity contribution is 7.80. The summed E-state index contributed by atoms with van der Waals surface area (Å²) in [6.07, 6.45) is 3.08. The number of phenols is 1. The van der Waals surface area contributed by atoms with Gasteiger partial charge in [0.05, 0.1) is 12.4 Å². The lowest BCUT2D eigenvalue weighted by Gasteiger charge is -2.24. The third-order valence-corrected chi connectivity index (χ3v) is 6.42. The van der Waals surface area contributed by atoms with Crippen molar-refractivity contribution in [2.24, 2.45) is 5.73 Å². The minimum Gasteiger partial charge on any atom is -0.508 e. The largest absolute Gasteiger partial charge is 0.508 e. The Morgan fingerprint density at radius 3 is 2.02 bits per heavy atom. The molecule has 0 bridgehead atoms. The van der Waals surface area contributed by atoms with Crippen LogP contribution in [0.1, 0.15) is 16.8 Å². The number of H-pyrrole nitrogens is 1. The molecule has 0 fully saturated rings. The van der Waals surface area contributed by atoms with Gasteiger partial charge in [0.2, 0.25) is 17.7 Å². The Hall–Kier alpha value is -4.36. The van der Waals surface area contributed by atoms with Gasteiger partial charge in [-0.1, -0.05) is 42.5 Å². The molecule has 0 radical (unpaired) electrons. The number of rotatable bonds is 14. The molecule has 0 saturated carbocycles. The van der Waals surface area contributed by atoms with E-state index >= 15 is 0 Å². The molecule has 3 aromatic rings. The van der Waals surface area contributed by atoms with Crippen LogP contribution in [0, 0.1) is 0 Å². The fraction of sp³-hybridized carbons (Fsp3) is 0.296. The Bertz CT molecular complexity index is 1270. The van der Waals surface area contributed by atoms with E-state index < -0.39 is 47.9 Å². The second kappa shape index (κ2) is 14.7. The zero-order chi connectivity index (χ0) is 29.1. The van der Waals surface area contributed by atoms with Crippen LogP contribution in [0.2, 0.25) is 0 Å². The van der Waals surface area contributed by atoms with Crippen molar-refractivity contribution in [3.05, 3.63) is 83.9 Å². The molecular formula is C27H32N6O6S. The topological polar surface area (TPSA) is 200 Å². The van der Waals surface area contributed by atoms with Crippen LogP contribution in [-0.2, 0) is 38.4 Å². The highest BCUT2D eigenvalue weighted by atomic mass is 32.1. The maximum Gasteiger partial charge on any atom is 0.326 e. The number of amides is 3. The molecule has 0 aliphatic rings. The van der Waals surface area contributed by atoms with Crippen molar-refractivity contribution in [2.45, 2.75) is 43.4 Å². The molecule has 4 atom stereocenters. The van der Waals surface area contributed by atoms with Crippen molar-refractivity contribution >= 4 is 36.3 Å². The van der Waals surface area contributed by atoms with Crippen molar-refractivity contribution in [1.82, 2.24) is 25.9 Å². The maximum absolute atomic E-state index is 13.3. The van der Waals surface area contributed by atoms with E-state index in [9.17, 15) is 29.4 Å². The predicted molar refractivity (Wildman–Crippen MR) is 150 cm³/mol. The molecule has 0 saturated heterocycles. The van der Waals surface area contributed by atoms with E-state index in [-0.39, 0.29) is 30.8 Å². The number of nitrogens with two attached hydrogens (primary N) is 1. The Kier molecular flexibility index (Phi) is 11.1. The van der Waals surface area contributed by atoms with Crippen molar-refractivity contribution in [1.29, 1.82) is 0 Å². The molecular weight excluding hydrogens is 536 g/mol. The number of aliphatic carboxylic acids is 1. The number of hydrogen-bond donors (Lipinski definition) is 8. The third kappa shape index (κ3) is 9.13. The highest BCUT2D eigenvalue weighted by Crippen LogP contribution is 2.11. The van der Waals surface area contributed by atoms with Gasteiger partial charge in [0, 0.05) is 30.5 Å². The molecule has 40 heavy (non-hydrogen) atoms. The monoisotopic (exact) mass is 568 g/mol. The van der Waals surface area contributed by atoms with Gasteiger partial charge in [0.15, 0.2) is 0 Å². The van der Waals surface area contributed by atoms with E-state index in [0.717, 1.165) is 11.1 Å². The standard InChI is InChI=1S/C27H32N6O6S/c28-20(10-17-6-8-19(34)9-7-17)24(35)31-21(11-16-4-2-1-3-5-16)25(36)33-23(14-40)26(37)32-22(27(38)39)12-18-13-29-15-30-18/h1-9,13,15,20-23,34,40H,10-12,14,28H2,(H,29,30)(H,31,35)(H,32,37)(H,33,36)(H,38,39). The zero-order valence-electron chi connectivity index (χ0n) is 21.5. The quantitative estimate of drug-likeness (QED) is 0.124. The first kappa shape index (κ1) is 30.2. The molecule has 0 aliphatic heterocycles. The van der Waals surface area contributed by atoms with Crippen LogP contribution in [0.15, 0.2) is 67.1 Å². The predicted octanol–water partition coefficient (Wildman–Crippen LogP) is -0.0607. The Morgan fingerprint density at radius 1 is 0.825 bits per heavy atom. The highest BCUT2D eigenvalue weighted by Gasteiger charge is 2.30. The van der Waals surface area contributed by atoms with Gasteiger partial charge in [-0.3, -0.25) is 14.4 Å². The number of carboxylic acid groups (broad SMARTS) is 1. The molecule has 4 unspecified atom stereocenters. The second-order valence-electron chi connectivity index (χ2n) is 9.15. The zero-order valence-corrected chi connectivity index (χ0v) is 22.4. The lowest BCUT2D eigenvalue weighted by Crippen LogP contribution is -2.58. The Balaban J connectivity index is 1.69. The van der Waals surface area contributed by atoms with Crippen molar-refractivity contribution in [2.75, 3.05) is 5.75 Å². The van der Waals surface area contributed by atoms with E-state index in [1.54, 1.807) is 36.4 Å². The summed E-state index contributed by atoms with van der Waals surface area (Å²) < 4.78 is 0. The summed E-state index contributed by atoms with van der Waals surface area (Å²) in [4.78, 5) is 57.5. The number of carbonyl (C=O) groups is 4. The van der Waals surface area contributed by atoms with E-state index in [4.69, 9.17) is 5.73 Å². The van der Waals surface area contributed by atoms with E-state index in [1.165, 1.54) is 24.7 Å². The van der Waals surface area contributed by atoms with Crippen molar-refractivity contribution in [3.63, 3.8) is 0 Å². The minimum atomic E-state index is -1.27. The van der Waals surface area contributed by atoms with E-state index in [1.807, 2.05) is 6.07 Å². The number of nitrogens with zero attached hydrogens (tertiary/aromatic N) is 1.